The number of benzene rings is 1. The average molecular weight is 354 g/mol. The molecule has 0 aliphatic heterocycles. The van der Waals surface area contributed by atoms with Gasteiger partial charge in [-0.2, -0.15) is 5.10 Å². The number of carbonyl (C=O) groups is 1. The fourth-order valence-corrected chi connectivity index (χ4v) is 4.13. The van der Waals surface area contributed by atoms with E-state index in [0.717, 1.165) is 42.6 Å². The number of nitrogens with zero attached hydrogens (tertiary/aromatic N) is 2. The average Bonchev–Trinajstić information content (AvgIpc) is 2.90. The van der Waals surface area contributed by atoms with Crippen LogP contribution in [0.2, 0.25) is 0 Å². The molecule has 1 heterocycles. The lowest BCUT2D eigenvalue weighted by Crippen LogP contribution is -2.37. The van der Waals surface area contributed by atoms with E-state index in [1.54, 1.807) is 0 Å². The summed E-state index contributed by atoms with van der Waals surface area (Å²) in [6, 6.07) is 8.12. The maximum Gasteiger partial charge on any atom is 0.251 e. The minimum atomic E-state index is 0.0377. The molecule has 4 nitrogen and oxygen atoms in total. The third-order valence-corrected chi connectivity index (χ3v) is 5.59. The first kappa shape index (κ1) is 18.7. The molecule has 1 amide bonds. The lowest BCUT2D eigenvalue weighted by Gasteiger charge is -2.27. The number of rotatable bonds is 5. The largest absolute Gasteiger partial charge is 0.349 e. The van der Waals surface area contributed by atoms with Gasteiger partial charge in [0.2, 0.25) is 0 Å². The summed E-state index contributed by atoms with van der Waals surface area (Å²) in [5.74, 6) is 0.746. The summed E-state index contributed by atoms with van der Waals surface area (Å²) in [6.45, 7) is 8.66. The van der Waals surface area contributed by atoms with Crippen LogP contribution in [0.4, 0.5) is 0 Å². The molecule has 1 aliphatic rings. The van der Waals surface area contributed by atoms with Crippen LogP contribution in [0, 0.1) is 19.8 Å². The van der Waals surface area contributed by atoms with Crippen LogP contribution in [0.1, 0.15) is 73.3 Å². The Balaban J connectivity index is 1.72. The molecule has 0 saturated heterocycles. The third-order valence-electron chi connectivity index (χ3n) is 5.59. The summed E-state index contributed by atoms with van der Waals surface area (Å²) in [5, 5.41) is 7.90. The predicted molar refractivity (Wildman–Crippen MR) is 106 cm³/mol. The molecular weight excluding hydrogens is 322 g/mol. The highest BCUT2D eigenvalue weighted by Gasteiger charge is 2.21. The Morgan fingerprint density at radius 3 is 2.62 bits per heavy atom. The Labute approximate surface area is 157 Å². The first-order valence-electron chi connectivity index (χ1n) is 9.96. The van der Waals surface area contributed by atoms with E-state index in [1.165, 1.54) is 24.1 Å². The number of hydrogen-bond donors (Lipinski definition) is 1. The van der Waals surface area contributed by atoms with Crippen molar-refractivity contribution in [2.24, 2.45) is 5.92 Å². The first-order chi connectivity index (χ1) is 12.5. The number of nitrogens with one attached hydrogen (secondary N) is 1. The molecule has 0 bridgehead atoms. The van der Waals surface area contributed by atoms with E-state index in [9.17, 15) is 4.79 Å². The fourth-order valence-electron chi connectivity index (χ4n) is 4.13. The molecule has 2 aromatic rings. The standard InChI is InChI=1S/C22H31N3O/c1-5-7-21-16(3)24-25(17(21)4)20-12-10-18(11-13-20)22(26)23-19-9-6-8-15(2)14-19/h10-13,15,19H,5-9,14H2,1-4H3,(H,23,26). The lowest BCUT2D eigenvalue weighted by molar-refractivity contribution is 0.0921. The molecule has 1 aliphatic carbocycles. The molecule has 0 spiro atoms. The molecule has 1 aromatic heterocycles. The second kappa shape index (κ2) is 8.07. The first-order valence-corrected chi connectivity index (χ1v) is 9.96. The summed E-state index contributed by atoms with van der Waals surface area (Å²) in [6.07, 6.45) is 6.85. The van der Waals surface area contributed by atoms with Gasteiger partial charge in [0.25, 0.3) is 5.91 Å². The van der Waals surface area contributed by atoms with Crippen molar-refractivity contribution < 1.29 is 4.79 Å². The van der Waals surface area contributed by atoms with Gasteiger partial charge in [-0.05, 0) is 68.9 Å². The van der Waals surface area contributed by atoms with Crippen LogP contribution in [0.3, 0.4) is 0 Å². The zero-order valence-electron chi connectivity index (χ0n) is 16.5. The van der Waals surface area contributed by atoms with Crippen molar-refractivity contribution in [1.82, 2.24) is 15.1 Å². The van der Waals surface area contributed by atoms with Gasteiger partial charge < -0.3 is 5.32 Å². The van der Waals surface area contributed by atoms with Gasteiger partial charge in [0.1, 0.15) is 0 Å². The van der Waals surface area contributed by atoms with E-state index in [1.807, 2.05) is 28.9 Å². The van der Waals surface area contributed by atoms with Crippen molar-refractivity contribution in [2.75, 3.05) is 0 Å². The van der Waals surface area contributed by atoms with Crippen molar-refractivity contribution in [3.63, 3.8) is 0 Å². The Hall–Kier alpha value is -2.10. The molecule has 140 valence electrons. The van der Waals surface area contributed by atoms with Crippen molar-refractivity contribution in [3.8, 4) is 5.69 Å². The third kappa shape index (κ3) is 4.00. The van der Waals surface area contributed by atoms with Crippen molar-refractivity contribution in [1.29, 1.82) is 0 Å². The van der Waals surface area contributed by atoms with Crippen LogP contribution in [-0.2, 0) is 6.42 Å². The van der Waals surface area contributed by atoms with Crippen LogP contribution in [-0.4, -0.2) is 21.7 Å². The highest BCUT2D eigenvalue weighted by molar-refractivity contribution is 5.94. The van der Waals surface area contributed by atoms with E-state index in [4.69, 9.17) is 5.10 Å². The van der Waals surface area contributed by atoms with Gasteiger partial charge in [0, 0.05) is 17.3 Å². The van der Waals surface area contributed by atoms with E-state index in [2.05, 4.69) is 33.0 Å². The van der Waals surface area contributed by atoms with Gasteiger partial charge >= 0.3 is 0 Å². The maximum absolute atomic E-state index is 12.5. The highest BCUT2D eigenvalue weighted by Crippen LogP contribution is 2.24. The minimum Gasteiger partial charge on any atom is -0.349 e. The van der Waals surface area contributed by atoms with E-state index in [-0.39, 0.29) is 5.91 Å². The van der Waals surface area contributed by atoms with Crippen molar-refractivity contribution >= 4 is 5.91 Å². The predicted octanol–water partition coefficient (Wildman–Crippen LogP) is 4.75. The molecule has 26 heavy (non-hydrogen) atoms. The zero-order valence-corrected chi connectivity index (χ0v) is 16.5. The smallest absolute Gasteiger partial charge is 0.251 e. The Morgan fingerprint density at radius 1 is 1.23 bits per heavy atom. The summed E-state index contributed by atoms with van der Waals surface area (Å²) in [7, 11) is 0. The van der Waals surface area contributed by atoms with Gasteiger partial charge in [0.05, 0.1) is 11.4 Å². The van der Waals surface area contributed by atoms with E-state index >= 15 is 0 Å². The molecular formula is C22H31N3O. The van der Waals surface area contributed by atoms with Crippen LogP contribution < -0.4 is 5.32 Å². The van der Waals surface area contributed by atoms with Gasteiger partial charge in [0.15, 0.2) is 0 Å². The fraction of sp³-hybridized carbons (Fsp3) is 0.545. The van der Waals surface area contributed by atoms with Crippen LogP contribution in [0.15, 0.2) is 24.3 Å². The summed E-state index contributed by atoms with van der Waals surface area (Å²) in [4.78, 5) is 12.5. The van der Waals surface area contributed by atoms with Gasteiger partial charge in [-0.3, -0.25) is 4.79 Å². The number of amides is 1. The number of aryl methyl sites for hydroxylation is 1. The van der Waals surface area contributed by atoms with Crippen LogP contribution >= 0.6 is 0 Å². The lowest BCUT2D eigenvalue weighted by atomic mass is 9.87. The van der Waals surface area contributed by atoms with Crippen LogP contribution in [0.5, 0.6) is 0 Å². The second-order valence-electron chi connectivity index (χ2n) is 7.80. The van der Waals surface area contributed by atoms with E-state index < -0.39 is 0 Å². The SMILES string of the molecule is CCCc1c(C)nn(-c2ccc(C(=O)NC3CCCC(C)C3)cc2)c1C. The number of carbonyl (C=O) groups excluding carboxylic acids is 1. The second-order valence-corrected chi connectivity index (χ2v) is 7.80. The molecule has 4 heteroatoms. The van der Waals surface area contributed by atoms with Crippen molar-refractivity contribution in [2.45, 2.75) is 72.3 Å². The topological polar surface area (TPSA) is 46.9 Å². The van der Waals surface area contributed by atoms with Crippen molar-refractivity contribution in [3.05, 3.63) is 46.8 Å². The Kier molecular flexibility index (Phi) is 5.80. The normalized spacial score (nSPS) is 20.2. The Morgan fingerprint density at radius 2 is 1.96 bits per heavy atom. The molecule has 0 radical (unpaired) electrons. The zero-order chi connectivity index (χ0) is 18.7. The highest BCUT2D eigenvalue weighted by atomic mass is 16.1. The van der Waals surface area contributed by atoms with E-state index in [0.29, 0.717) is 12.0 Å². The van der Waals surface area contributed by atoms with Gasteiger partial charge in [-0.1, -0.05) is 33.1 Å². The minimum absolute atomic E-state index is 0.0377. The number of aromatic nitrogens is 2. The maximum atomic E-state index is 12.5. The van der Waals surface area contributed by atoms with Crippen LogP contribution in [0.25, 0.3) is 5.69 Å². The summed E-state index contributed by atoms with van der Waals surface area (Å²) in [5.41, 5.74) is 5.36. The Bertz CT molecular complexity index is 760. The molecule has 2 unspecified atom stereocenters. The molecule has 3 rings (SSSR count). The quantitative estimate of drug-likeness (QED) is 0.843. The van der Waals surface area contributed by atoms with Gasteiger partial charge in [-0.25, -0.2) is 4.68 Å². The van der Waals surface area contributed by atoms with Gasteiger partial charge in [-0.15, -0.1) is 0 Å². The monoisotopic (exact) mass is 353 g/mol. The molecule has 1 aromatic carbocycles. The molecule has 1 saturated carbocycles. The molecule has 2 atom stereocenters. The summed E-state index contributed by atoms with van der Waals surface area (Å²) >= 11 is 0. The summed E-state index contributed by atoms with van der Waals surface area (Å²) < 4.78 is 1.99. The molecule has 1 N–H and O–H groups in total. The molecule has 1 fully saturated rings. The number of hydrogen-bond acceptors (Lipinski definition) is 2.